The number of hydrogen-bond donors (Lipinski definition) is 0. The predicted octanol–water partition coefficient (Wildman–Crippen LogP) is 5.14. The van der Waals surface area contributed by atoms with Gasteiger partial charge in [0.05, 0.1) is 10.4 Å². The molecule has 0 bridgehead atoms. The molecule has 0 aliphatic carbocycles. The summed E-state index contributed by atoms with van der Waals surface area (Å²) in [5.74, 6) is 0.881. The maximum absolute atomic E-state index is 6.28. The van der Waals surface area contributed by atoms with Gasteiger partial charge in [-0.1, -0.05) is 31.9 Å². The van der Waals surface area contributed by atoms with Crippen molar-refractivity contribution < 1.29 is 0 Å². The van der Waals surface area contributed by atoms with Crippen LogP contribution in [0.4, 0.5) is 0 Å². The second-order valence-corrected chi connectivity index (χ2v) is 5.89. The van der Waals surface area contributed by atoms with Gasteiger partial charge in [0.2, 0.25) is 0 Å². The summed E-state index contributed by atoms with van der Waals surface area (Å²) in [4.78, 5) is 9.05. The van der Waals surface area contributed by atoms with Gasteiger partial charge >= 0.3 is 0 Å². The highest BCUT2D eigenvalue weighted by atomic mass is 35.5. The van der Waals surface area contributed by atoms with Gasteiger partial charge in [0.25, 0.3) is 0 Å². The van der Waals surface area contributed by atoms with Crippen molar-refractivity contribution in [1.82, 2.24) is 14.5 Å². The lowest BCUT2D eigenvalue weighted by molar-refractivity contribution is 0.441. The molecule has 0 spiro atoms. The molecular weight excluding hydrogens is 281 g/mol. The van der Waals surface area contributed by atoms with Crippen LogP contribution in [0.5, 0.6) is 0 Å². The number of nitrogens with zero attached hydrogens (tertiary/aromatic N) is 3. The standard InChI is InChI=1S/C14H19Cl2N3/c1-4-6-11(5-2)19-13(9(3)15)18-12-7-10(16)8-17-14(12)19/h7-9,11H,4-6H2,1-3H3. The van der Waals surface area contributed by atoms with Gasteiger partial charge in [0.1, 0.15) is 11.3 Å². The van der Waals surface area contributed by atoms with E-state index in [0.29, 0.717) is 11.1 Å². The lowest BCUT2D eigenvalue weighted by atomic mass is 10.1. The summed E-state index contributed by atoms with van der Waals surface area (Å²) >= 11 is 12.3. The van der Waals surface area contributed by atoms with Gasteiger partial charge in [-0.05, 0) is 25.8 Å². The summed E-state index contributed by atoms with van der Waals surface area (Å²) in [5.41, 5.74) is 1.71. The van der Waals surface area contributed by atoms with Crippen LogP contribution >= 0.6 is 23.2 Å². The van der Waals surface area contributed by atoms with Crippen molar-refractivity contribution in [2.75, 3.05) is 0 Å². The van der Waals surface area contributed by atoms with Gasteiger partial charge in [-0.2, -0.15) is 0 Å². The van der Waals surface area contributed by atoms with Crippen molar-refractivity contribution in [2.45, 2.75) is 51.5 Å². The molecule has 0 radical (unpaired) electrons. The van der Waals surface area contributed by atoms with Crippen molar-refractivity contribution in [3.8, 4) is 0 Å². The maximum Gasteiger partial charge on any atom is 0.160 e. The zero-order valence-corrected chi connectivity index (χ0v) is 13.0. The number of imidazole rings is 1. The van der Waals surface area contributed by atoms with Crippen molar-refractivity contribution in [2.24, 2.45) is 0 Å². The van der Waals surface area contributed by atoms with Gasteiger partial charge in [-0.3, -0.25) is 0 Å². The Morgan fingerprint density at radius 2 is 2.11 bits per heavy atom. The van der Waals surface area contributed by atoms with Gasteiger partial charge < -0.3 is 4.57 Å². The van der Waals surface area contributed by atoms with Gasteiger partial charge in [0, 0.05) is 12.2 Å². The van der Waals surface area contributed by atoms with E-state index in [4.69, 9.17) is 23.2 Å². The molecule has 2 heterocycles. The largest absolute Gasteiger partial charge is 0.308 e. The van der Waals surface area contributed by atoms with E-state index >= 15 is 0 Å². The smallest absolute Gasteiger partial charge is 0.160 e. The summed E-state index contributed by atoms with van der Waals surface area (Å²) in [6.45, 7) is 6.32. The fourth-order valence-electron chi connectivity index (χ4n) is 2.46. The van der Waals surface area contributed by atoms with E-state index in [2.05, 4.69) is 28.4 Å². The highest BCUT2D eigenvalue weighted by Crippen LogP contribution is 2.31. The highest BCUT2D eigenvalue weighted by Gasteiger charge is 2.21. The van der Waals surface area contributed by atoms with E-state index in [1.807, 2.05) is 13.0 Å². The van der Waals surface area contributed by atoms with E-state index in [1.54, 1.807) is 6.20 Å². The molecule has 19 heavy (non-hydrogen) atoms. The van der Waals surface area contributed by atoms with E-state index in [-0.39, 0.29) is 5.38 Å². The molecule has 104 valence electrons. The fraction of sp³-hybridized carbons (Fsp3) is 0.571. The van der Waals surface area contributed by atoms with Crippen molar-refractivity contribution >= 4 is 34.4 Å². The normalized spacial score (nSPS) is 14.8. The van der Waals surface area contributed by atoms with E-state index < -0.39 is 0 Å². The van der Waals surface area contributed by atoms with E-state index in [0.717, 1.165) is 36.3 Å². The molecule has 2 aromatic rings. The number of pyridine rings is 1. The van der Waals surface area contributed by atoms with Crippen molar-refractivity contribution in [1.29, 1.82) is 0 Å². The van der Waals surface area contributed by atoms with E-state index in [9.17, 15) is 0 Å². The maximum atomic E-state index is 6.28. The van der Waals surface area contributed by atoms with Crippen LogP contribution in [0.25, 0.3) is 11.2 Å². The molecule has 0 N–H and O–H groups in total. The third-order valence-corrected chi connectivity index (χ3v) is 3.74. The fourth-order valence-corrected chi connectivity index (χ4v) is 2.77. The second-order valence-electron chi connectivity index (χ2n) is 4.80. The average Bonchev–Trinajstić information content (AvgIpc) is 2.74. The van der Waals surface area contributed by atoms with Gasteiger partial charge in [0.15, 0.2) is 5.65 Å². The Labute approximate surface area is 123 Å². The minimum absolute atomic E-state index is 0.140. The molecule has 0 aliphatic heterocycles. The predicted molar refractivity (Wildman–Crippen MR) is 81.0 cm³/mol. The van der Waals surface area contributed by atoms with Crippen LogP contribution in [-0.2, 0) is 0 Å². The minimum Gasteiger partial charge on any atom is -0.308 e. The molecule has 2 atom stereocenters. The molecule has 0 aliphatic rings. The Kier molecular flexibility index (Phi) is 4.69. The summed E-state index contributed by atoms with van der Waals surface area (Å²) in [6, 6.07) is 2.24. The van der Waals surface area contributed by atoms with Crippen molar-refractivity contribution in [3.63, 3.8) is 0 Å². The molecule has 3 nitrogen and oxygen atoms in total. The topological polar surface area (TPSA) is 30.7 Å². The van der Waals surface area contributed by atoms with Crippen LogP contribution in [0.2, 0.25) is 5.02 Å². The lowest BCUT2D eigenvalue weighted by Gasteiger charge is -2.20. The van der Waals surface area contributed by atoms with Crippen LogP contribution in [0, 0.1) is 0 Å². The summed E-state index contributed by atoms with van der Waals surface area (Å²) in [5, 5.41) is 0.466. The van der Waals surface area contributed by atoms with Crippen LogP contribution in [0.1, 0.15) is 57.3 Å². The second kappa shape index (κ2) is 6.10. The molecule has 0 aromatic carbocycles. The number of fused-ring (bicyclic) bond motifs is 1. The Hall–Kier alpha value is -0.800. The molecule has 0 fully saturated rings. The molecule has 2 aromatic heterocycles. The summed E-state index contributed by atoms with van der Waals surface area (Å²) in [6.07, 6.45) is 4.94. The monoisotopic (exact) mass is 299 g/mol. The molecule has 2 rings (SSSR count). The zero-order valence-electron chi connectivity index (χ0n) is 11.5. The zero-order chi connectivity index (χ0) is 14.0. The number of rotatable bonds is 5. The Morgan fingerprint density at radius 1 is 1.37 bits per heavy atom. The molecule has 0 saturated heterocycles. The first-order valence-corrected chi connectivity index (χ1v) is 7.57. The third-order valence-electron chi connectivity index (χ3n) is 3.34. The highest BCUT2D eigenvalue weighted by molar-refractivity contribution is 6.31. The number of aromatic nitrogens is 3. The van der Waals surface area contributed by atoms with Crippen LogP contribution < -0.4 is 0 Å². The van der Waals surface area contributed by atoms with Crippen molar-refractivity contribution in [3.05, 3.63) is 23.1 Å². The first-order chi connectivity index (χ1) is 9.08. The Morgan fingerprint density at radius 3 is 2.68 bits per heavy atom. The summed E-state index contributed by atoms with van der Waals surface area (Å²) in [7, 11) is 0. The van der Waals surface area contributed by atoms with Gasteiger partial charge in [-0.25, -0.2) is 9.97 Å². The first kappa shape index (κ1) is 14.6. The third kappa shape index (κ3) is 2.87. The number of halogens is 2. The van der Waals surface area contributed by atoms with Crippen LogP contribution in [-0.4, -0.2) is 14.5 Å². The van der Waals surface area contributed by atoms with Crippen LogP contribution in [0.15, 0.2) is 12.3 Å². The molecule has 2 unspecified atom stereocenters. The molecular formula is C14H19Cl2N3. The Balaban J connectivity index is 2.63. The minimum atomic E-state index is -0.140. The Bertz CT molecular complexity index is 563. The van der Waals surface area contributed by atoms with Crippen LogP contribution in [0.3, 0.4) is 0 Å². The lowest BCUT2D eigenvalue weighted by Crippen LogP contribution is -2.12. The first-order valence-electron chi connectivity index (χ1n) is 6.75. The molecule has 5 heteroatoms. The molecule has 0 amide bonds. The van der Waals surface area contributed by atoms with Gasteiger partial charge in [-0.15, -0.1) is 11.6 Å². The van der Waals surface area contributed by atoms with E-state index in [1.165, 1.54) is 0 Å². The SMILES string of the molecule is CCCC(CC)n1c(C(C)Cl)nc2cc(Cl)cnc21. The quantitative estimate of drug-likeness (QED) is 0.716. The average molecular weight is 300 g/mol. The number of hydrogen-bond acceptors (Lipinski definition) is 2. The molecule has 0 saturated carbocycles. The number of alkyl halides is 1. The summed E-state index contributed by atoms with van der Waals surface area (Å²) < 4.78 is 2.19.